The second-order valence-electron chi connectivity index (χ2n) is 4.55. The molecule has 0 aliphatic heterocycles. The minimum atomic E-state index is -3.66. The van der Waals surface area contributed by atoms with Gasteiger partial charge in [-0.1, -0.05) is 18.2 Å². The number of benzene rings is 1. The molecule has 0 aliphatic carbocycles. The minimum Gasteiger partial charge on any atom is -0.284 e. The van der Waals surface area contributed by atoms with E-state index in [9.17, 15) is 16.8 Å². The summed E-state index contributed by atoms with van der Waals surface area (Å²) in [6.45, 7) is 1.61. The number of nitrogens with one attached hydrogen (secondary N) is 2. The average Bonchev–Trinajstić information content (AvgIpc) is 2.86. The van der Waals surface area contributed by atoms with Crippen LogP contribution < -0.4 is 9.44 Å². The second kappa shape index (κ2) is 6.78. The van der Waals surface area contributed by atoms with Gasteiger partial charge < -0.3 is 0 Å². The highest BCUT2D eigenvalue weighted by atomic mass is 32.2. The van der Waals surface area contributed by atoms with Crippen LogP contribution in [-0.2, 0) is 20.0 Å². The molecule has 120 valence electrons. The molecule has 0 amide bonds. The number of anilines is 1. The Balaban J connectivity index is 1.93. The van der Waals surface area contributed by atoms with Gasteiger partial charge in [0, 0.05) is 17.1 Å². The normalized spacial score (nSPS) is 12.2. The molecule has 2 aromatic rings. The molecule has 0 spiro atoms. The highest BCUT2D eigenvalue weighted by Crippen LogP contribution is 2.20. The molecule has 0 bridgehead atoms. The molecule has 1 heterocycles. The Morgan fingerprint density at radius 3 is 2.27 bits per heavy atom. The summed E-state index contributed by atoms with van der Waals surface area (Å²) < 4.78 is 52.6. The third-order valence-electron chi connectivity index (χ3n) is 2.69. The Bertz CT molecular complexity index is 827. The van der Waals surface area contributed by atoms with E-state index in [0.29, 0.717) is 5.69 Å². The van der Waals surface area contributed by atoms with E-state index < -0.39 is 20.0 Å². The van der Waals surface area contributed by atoms with Crippen LogP contribution in [0.1, 0.15) is 4.88 Å². The van der Waals surface area contributed by atoms with E-state index in [1.165, 1.54) is 6.07 Å². The average molecular weight is 360 g/mol. The van der Waals surface area contributed by atoms with E-state index in [4.69, 9.17) is 0 Å². The Hall–Kier alpha value is -1.42. The van der Waals surface area contributed by atoms with Crippen molar-refractivity contribution >= 4 is 37.1 Å². The Labute approximate surface area is 134 Å². The molecule has 0 fully saturated rings. The summed E-state index contributed by atoms with van der Waals surface area (Å²) in [5.74, 6) is -0.342. The Kier molecular flexibility index (Phi) is 5.22. The molecule has 6 nitrogen and oxygen atoms in total. The third-order valence-corrected chi connectivity index (χ3v) is 6.93. The van der Waals surface area contributed by atoms with Gasteiger partial charge in [0.05, 0.1) is 5.75 Å². The molecule has 0 aliphatic rings. The van der Waals surface area contributed by atoms with E-state index in [-0.39, 0.29) is 16.5 Å². The Morgan fingerprint density at radius 2 is 1.68 bits per heavy atom. The number of rotatable bonds is 7. The highest BCUT2D eigenvalue weighted by molar-refractivity contribution is 7.93. The van der Waals surface area contributed by atoms with E-state index in [1.807, 2.05) is 0 Å². The zero-order valence-electron chi connectivity index (χ0n) is 11.8. The highest BCUT2D eigenvalue weighted by Gasteiger charge is 2.17. The fourth-order valence-electron chi connectivity index (χ4n) is 1.67. The predicted octanol–water partition coefficient (Wildman–Crippen LogP) is 1.78. The molecule has 9 heteroatoms. The van der Waals surface area contributed by atoms with Gasteiger partial charge in [-0.2, -0.15) is 0 Å². The van der Waals surface area contributed by atoms with Gasteiger partial charge in [-0.25, -0.2) is 21.6 Å². The summed E-state index contributed by atoms with van der Waals surface area (Å²) >= 11 is 1.14. The first-order valence-electron chi connectivity index (χ1n) is 6.40. The first kappa shape index (κ1) is 16.9. The molecular weight excluding hydrogens is 344 g/mol. The molecule has 0 saturated carbocycles. The van der Waals surface area contributed by atoms with Crippen molar-refractivity contribution in [1.29, 1.82) is 0 Å². The molecule has 2 rings (SSSR count). The van der Waals surface area contributed by atoms with Crippen molar-refractivity contribution in [2.24, 2.45) is 0 Å². The van der Waals surface area contributed by atoms with Crippen LogP contribution in [0.15, 0.2) is 46.7 Å². The first-order valence-corrected chi connectivity index (χ1v) is 10.4. The van der Waals surface area contributed by atoms with Crippen molar-refractivity contribution in [3.05, 3.63) is 47.3 Å². The standard InChI is InChI=1S/C13H16N2O4S3/c1-11-7-8-13(20-11)22(18,19)14-9-10-21(16,17)15-12-5-3-2-4-6-12/h2-8,14-15H,9-10H2,1H3. The van der Waals surface area contributed by atoms with Gasteiger partial charge in [-0.15, -0.1) is 11.3 Å². The van der Waals surface area contributed by atoms with Crippen LogP contribution in [-0.4, -0.2) is 29.1 Å². The number of aryl methyl sites for hydroxylation is 1. The maximum absolute atomic E-state index is 12.0. The second-order valence-corrected chi connectivity index (χ2v) is 9.67. The molecule has 0 radical (unpaired) electrons. The fraction of sp³-hybridized carbons (Fsp3) is 0.231. The zero-order valence-corrected chi connectivity index (χ0v) is 14.3. The summed E-state index contributed by atoms with van der Waals surface area (Å²) in [5.41, 5.74) is 0.444. The van der Waals surface area contributed by atoms with Crippen LogP contribution in [0.25, 0.3) is 0 Å². The van der Waals surface area contributed by atoms with Crippen LogP contribution >= 0.6 is 11.3 Å². The van der Waals surface area contributed by atoms with Crippen LogP contribution in [0.2, 0.25) is 0 Å². The van der Waals surface area contributed by atoms with E-state index in [0.717, 1.165) is 16.2 Å². The van der Waals surface area contributed by atoms with Crippen LogP contribution in [0, 0.1) is 6.92 Å². The fourth-order valence-corrected chi connectivity index (χ4v) is 5.13. The van der Waals surface area contributed by atoms with Crippen molar-refractivity contribution in [3.63, 3.8) is 0 Å². The van der Waals surface area contributed by atoms with Crippen molar-refractivity contribution in [2.45, 2.75) is 11.1 Å². The molecule has 0 unspecified atom stereocenters. The van der Waals surface area contributed by atoms with Crippen molar-refractivity contribution < 1.29 is 16.8 Å². The molecule has 1 aromatic carbocycles. The van der Waals surface area contributed by atoms with Gasteiger partial charge in [0.1, 0.15) is 4.21 Å². The van der Waals surface area contributed by atoms with E-state index in [2.05, 4.69) is 9.44 Å². The van der Waals surface area contributed by atoms with Gasteiger partial charge in [-0.05, 0) is 31.2 Å². The number of sulfonamides is 2. The topological polar surface area (TPSA) is 92.3 Å². The van der Waals surface area contributed by atoms with E-state index >= 15 is 0 Å². The molecular formula is C13H16N2O4S3. The van der Waals surface area contributed by atoms with Crippen LogP contribution in [0.4, 0.5) is 5.69 Å². The SMILES string of the molecule is Cc1ccc(S(=O)(=O)NCCS(=O)(=O)Nc2ccccc2)s1. The maximum atomic E-state index is 12.0. The molecule has 1 aromatic heterocycles. The van der Waals surface area contributed by atoms with Gasteiger partial charge >= 0.3 is 0 Å². The molecule has 22 heavy (non-hydrogen) atoms. The maximum Gasteiger partial charge on any atom is 0.250 e. The summed E-state index contributed by atoms with van der Waals surface area (Å²) in [6, 6.07) is 11.6. The zero-order chi connectivity index (χ0) is 16.2. The lowest BCUT2D eigenvalue weighted by atomic mass is 10.3. The largest absolute Gasteiger partial charge is 0.284 e. The number of thiophene rings is 1. The van der Waals surface area contributed by atoms with Gasteiger partial charge in [0.15, 0.2) is 0 Å². The molecule has 0 atom stereocenters. The van der Waals surface area contributed by atoms with Gasteiger partial charge in [0.25, 0.3) is 0 Å². The molecule has 2 N–H and O–H groups in total. The molecule has 0 saturated heterocycles. The lowest BCUT2D eigenvalue weighted by molar-refractivity contribution is 0.584. The summed E-state index contributed by atoms with van der Waals surface area (Å²) in [7, 11) is -7.27. The van der Waals surface area contributed by atoms with Gasteiger partial charge in [0.2, 0.25) is 20.0 Å². The van der Waals surface area contributed by atoms with Gasteiger partial charge in [-0.3, -0.25) is 4.72 Å². The smallest absolute Gasteiger partial charge is 0.250 e. The number of hydrogen-bond donors (Lipinski definition) is 2. The monoisotopic (exact) mass is 360 g/mol. The summed E-state index contributed by atoms with van der Waals surface area (Å²) in [4.78, 5) is 0.874. The Morgan fingerprint density at radius 1 is 1.00 bits per heavy atom. The number of hydrogen-bond acceptors (Lipinski definition) is 5. The quantitative estimate of drug-likeness (QED) is 0.787. The first-order chi connectivity index (χ1) is 10.3. The van der Waals surface area contributed by atoms with E-state index in [1.54, 1.807) is 43.3 Å². The van der Waals surface area contributed by atoms with Crippen molar-refractivity contribution in [2.75, 3.05) is 17.0 Å². The lowest BCUT2D eigenvalue weighted by Crippen LogP contribution is -2.30. The number of para-hydroxylation sites is 1. The van der Waals surface area contributed by atoms with Crippen LogP contribution in [0.3, 0.4) is 0 Å². The third kappa shape index (κ3) is 4.80. The van der Waals surface area contributed by atoms with Crippen molar-refractivity contribution in [3.8, 4) is 0 Å². The van der Waals surface area contributed by atoms with Crippen molar-refractivity contribution in [1.82, 2.24) is 4.72 Å². The summed E-state index contributed by atoms with van der Waals surface area (Å²) in [5, 5.41) is 0. The minimum absolute atomic E-state index is 0.179. The van der Waals surface area contributed by atoms with Crippen LogP contribution in [0.5, 0.6) is 0 Å². The lowest BCUT2D eigenvalue weighted by Gasteiger charge is -2.08. The summed E-state index contributed by atoms with van der Waals surface area (Å²) in [6.07, 6.45) is 0. The predicted molar refractivity (Wildman–Crippen MR) is 88.1 cm³/mol.